The van der Waals surface area contributed by atoms with Crippen molar-refractivity contribution in [2.45, 2.75) is 13.3 Å². The summed E-state index contributed by atoms with van der Waals surface area (Å²) in [6.45, 7) is 2.38. The van der Waals surface area contributed by atoms with Gasteiger partial charge >= 0.3 is 5.97 Å². The fourth-order valence-corrected chi connectivity index (χ4v) is 1.40. The fraction of sp³-hybridized carbons (Fsp3) is 0.417. The smallest absolute Gasteiger partial charge is 0.307 e. The summed E-state index contributed by atoms with van der Waals surface area (Å²) in [5, 5.41) is 0.473. The molecule has 1 rings (SSSR count). The Morgan fingerprint density at radius 3 is 2.72 bits per heavy atom. The van der Waals surface area contributed by atoms with Crippen LogP contribution >= 0.6 is 11.6 Å². The predicted molar refractivity (Wildman–Crippen MR) is 67.5 cm³/mol. The molecule has 0 bridgehead atoms. The summed E-state index contributed by atoms with van der Waals surface area (Å²) in [7, 11) is 1.61. The summed E-state index contributed by atoms with van der Waals surface area (Å²) in [4.78, 5) is 28.4. The lowest BCUT2D eigenvalue weighted by molar-refractivity contribution is -0.143. The van der Waals surface area contributed by atoms with Crippen molar-refractivity contribution in [3.8, 4) is 0 Å². The minimum absolute atomic E-state index is 0.170. The number of hydrogen-bond acceptors (Lipinski definition) is 4. The maximum Gasteiger partial charge on any atom is 0.307 e. The van der Waals surface area contributed by atoms with Crippen molar-refractivity contribution >= 4 is 23.5 Å². The SMILES string of the molecule is CCOC(=O)CCN(C)C(=O)c1ccc(Cl)cn1. The van der Waals surface area contributed by atoms with Gasteiger partial charge in [-0.2, -0.15) is 0 Å². The second-order valence-corrected chi connectivity index (χ2v) is 4.08. The highest BCUT2D eigenvalue weighted by Gasteiger charge is 2.14. The Balaban J connectivity index is 2.51. The number of hydrogen-bond donors (Lipinski definition) is 0. The van der Waals surface area contributed by atoms with Gasteiger partial charge in [0.1, 0.15) is 5.69 Å². The van der Waals surface area contributed by atoms with Gasteiger partial charge in [0.2, 0.25) is 0 Å². The standard InChI is InChI=1S/C12H15ClN2O3/c1-3-18-11(16)6-7-15(2)12(17)10-5-4-9(13)8-14-10/h4-5,8H,3,6-7H2,1-2H3. The molecule has 18 heavy (non-hydrogen) atoms. The van der Waals surface area contributed by atoms with Crippen molar-refractivity contribution in [2.24, 2.45) is 0 Å². The Bertz CT molecular complexity index is 420. The van der Waals surface area contributed by atoms with Crippen LogP contribution in [0.5, 0.6) is 0 Å². The fourth-order valence-electron chi connectivity index (χ4n) is 1.29. The normalized spacial score (nSPS) is 9.94. The van der Waals surface area contributed by atoms with Crippen molar-refractivity contribution in [1.82, 2.24) is 9.88 Å². The van der Waals surface area contributed by atoms with E-state index in [1.807, 2.05) is 0 Å². The molecule has 0 aliphatic rings. The summed E-state index contributed by atoms with van der Waals surface area (Å²) in [5.41, 5.74) is 0.297. The molecule has 0 N–H and O–H groups in total. The monoisotopic (exact) mass is 270 g/mol. The van der Waals surface area contributed by atoms with Gasteiger partial charge in [0.25, 0.3) is 5.91 Å². The lowest BCUT2D eigenvalue weighted by Gasteiger charge is -2.15. The van der Waals surface area contributed by atoms with Gasteiger partial charge in [-0.3, -0.25) is 9.59 Å². The molecule has 0 radical (unpaired) electrons. The molecule has 1 aromatic heterocycles. The number of amides is 1. The van der Waals surface area contributed by atoms with Gasteiger partial charge in [-0.25, -0.2) is 4.98 Å². The second kappa shape index (κ2) is 6.96. The lowest BCUT2D eigenvalue weighted by atomic mass is 10.3. The number of aromatic nitrogens is 1. The molecule has 0 unspecified atom stereocenters. The molecule has 0 aromatic carbocycles. The van der Waals surface area contributed by atoms with Gasteiger partial charge in [-0.1, -0.05) is 11.6 Å². The van der Waals surface area contributed by atoms with Crippen molar-refractivity contribution in [1.29, 1.82) is 0 Å². The van der Waals surface area contributed by atoms with Crippen LogP contribution in [-0.4, -0.2) is 42.0 Å². The van der Waals surface area contributed by atoms with Crippen LogP contribution in [0.4, 0.5) is 0 Å². The number of esters is 1. The highest BCUT2D eigenvalue weighted by molar-refractivity contribution is 6.30. The number of pyridine rings is 1. The predicted octanol–water partition coefficient (Wildman–Crippen LogP) is 1.76. The molecule has 1 aromatic rings. The molecular formula is C12H15ClN2O3. The van der Waals surface area contributed by atoms with Gasteiger partial charge in [-0.05, 0) is 19.1 Å². The highest BCUT2D eigenvalue weighted by Crippen LogP contribution is 2.08. The molecule has 1 heterocycles. The Labute approximate surface area is 111 Å². The number of rotatable bonds is 5. The summed E-state index contributed by atoms with van der Waals surface area (Å²) in [6, 6.07) is 3.15. The minimum atomic E-state index is -0.318. The zero-order valence-corrected chi connectivity index (χ0v) is 11.1. The summed E-state index contributed by atoms with van der Waals surface area (Å²) in [6.07, 6.45) is 1.58. The van der Waals surface area contributed by atoms with E-state index in [4.69, 9.17) is 16.3 Å². The Morgan fingerprint density at radius 1 is 1.44 bits per heavy atom. The summed E-state index contributed by atoms with van der Waals surface area (Å²) >= 11 is 5.68. The molecule has 0 aliphatic heterocycles. The lowest BCUT2D eigenvalue weighted by Crippen LogP contribution is -2.30. The zero-order valence-electron chi connectivity index (χ0n) is 10.4. The second-order valence-electron chi connectivity index (χ2n) is 3.64. The van der Waals surface area contributed by atoms with Crippen LogP contribution in [0.1, 0.15) is 23.8 Å². The van der Waals surface area contributed by atoms with Gasteiger partial charge in [0.05, 0.1) is 18.1 Å². The number of carbonyl (C=O) groups excluding carboxylic acids is 2. The highest BCUT2D eigenvalue weighted by atomic mass is 35.5. The number of ether oxygens (including phenoxy) is 1. The quantitative estimate of drug-likeness (QED) is 0.765. The van der Waals surface area contributed by atoms with Gasteiger partial charge < -0.3 is 9.64 Å². The van der Waals surface area contributed by atoms with E-state index in [-0.39, 0.29) is 18.3 Å². The van der Waals surface area contributed by atoms with Crippen LogP contribution in [0.2, 0.25) is 5.02 Å². The number of nitrogens with zero attached hydrogens (tertiary/aromatic N) is 2. The Kier molecular flexibility index (Phi) is 5.58. The third-order valence-corrected chi connectivity index (χ3v) is 2.47. The molecule has 98 valence electrons. The van der Waals surface area contributed by atoms with E-state index in [0.29, 0.717) is 23.9 Å². The summed E-state index contributed by atoms with van der Waals surface area (Å²) in [5.74, 6) is -0.572. The van der Waals surface area contributed by atoms with E-state index in [2.05, 4.69) is 4.98 Å². The van der Waals surface area contributed by atoms with E-state index in [1.165, 1.54) is 11.1 Å². The van der Waals surface area contributed by atoms with Crippen molar-refractivity contribution in [2.75, 3.05) is 20.2 Å². The van der Waals surface area contributed by atoms with Crippen LogP contribution in [0.3, 0.4) is 0 Å². The van der Waals surface area contributed by atoms with Crippen molar-refractivity contribution in [3.05, 3.63) is 29.0 Å². The van der Waals surface area contributed by atoms with Crippen LogP contribution < -0.4 is 0 Å². The van der Waals surface area contributed by atoms with Crippen LogP contribution in [-0.2, 0) is 9.53 Å². The molecule has 1 amide bonds. The number of halogens is 1. The van der Waals surface area contributed by atoms with E-state index < -0.39 is 0 Å². The first kappa shape index (κ1) is 14.4. The third kappa shape index (κ3) is 4.33. The molecule has 0 saturated heterocycles. The molecule has 6 heteroatoms. The topological polar surface area (TPSA) is 59.5 Å². The maximum atomic E-state index is 11.9. The molecule has 0 spiro atoms. The Morgan fingerprint density at radius 2 is 2.17 bits per heavy atom. The third-order valence-electron chi connectivity index (χ3n) is 2.25. The molecule has 0 fully saturated rings. The average Bonchev–Trinajstić information content (AvgIpc) is 2.36. The van der Waals surface area contributed by atoms with E-state index in [1.54, 1.807) is 26.1 Å². The average molecular weight is 271 g/mol. The van der Waals surface area contributed by atoms with Crippen LogP contribution in [0.15, 0.2) is 18.3 Å². The van der Waals surface area contributed by atoms with Gasteiger partial charge in [-0.15, -0.1) is 0 Å². The van der Waals surface area contributed by atoms with Crippen molar-refractivity contribution < 1.29 is 14.3 Å². The van der Waals surface area contributed by atoms with E-state index in [9.17, 15) is 9.59 Å². The first-order valence-electron chi connectivity index (χ1n) is 5.57. The van der Waals surface area contributed by atoms with Gasteiger partial charge in [0, 0.05) is 19.8 Å². The van der Waals surface area contributed by atoms with Crippen molar-refractivity contribution in [3.63, 3.8) is 0 Å². The summed E-state index contributed by atoms with van der Waals surface area (Å²) < 4.78 is 4.78. The van der Waals surface area contributed by atoms with E-state index >= 15 is 0 Å². The van der Waals surface area contributed by atoms with Crippen LogP contribution in [0, 0.1) is 0 Å². The minimum Gasteiger partial charge on any atom is -0.466 e. The van der Waals surface area contributed by atoms with Gasteiger partial charge in [0.15, 0.2) is 0 Å². The van der Waals surface area contributed by atoms with Crippen LogP contribution in [0.25, 0.3) is 0 Å². The molecule has 0 atom stereocenters. The zero-order chi connectivity index (χ0) is 13.5. The maximum absolute atomic E-state index is 11.9. The van der Waals surface area contributed by atoms with E-state index in [0.717, 1.165) is 0 Å². The Hall–Kier alpha value is -1.62. The molecule has 5 nitrogen and oxygen atoms in total. The first-order valence-corrected chi connectivity index (χ1v) is 5.95. The molecular weight excluding hydrogens is 256 g/mol. The largest absolute Gasteiger partial charge is 0.466 e. The number of carbonyl (C=O) groups is 2. The molecule has 0 aliphatic carbocycles. The molecule has 0 saturated carbocycles. The first-order chi connectivity index (χ1) is 8.54.